The molecule has 5 nitrogen and oxygen atoms in total. The second-order valence-corrected chi connectivity index (χ2v) is 7.03. The summed E-state index contributed by atoms with van der Waals surface area (Å²) >= 11 is 17.7. The summed E-state index contributed by atoms with van der Waals surface area (Å²) in [6.45, 7) is 1.79. The van der Waals surface area contributed by atoms with Crippen molar-refractivity contribution in [3.8, 4) is 0 Å². The van der Waals surface area contributed by atoms with Crippen molar-refractivity contribution in [2.24, 2.45) is 0 Å². The highest BCUT2D eigenvalue weighted by Crippen LogP contribution is 2.37. The Morgan fingerprint density at radius 2 is 1.82 bits per heavy atom. The van der Waals surface area contributed by atoms with Gasteiger partial charge in [-0.1, -0.05) is 34.8 Å². The van der Waals surface area contributed by atoms with Gasteiger partial charge in [-0.05, 0) is 18.2 Å². The lowest BCUT2D eigenvalue weighted by Crippen LogP contribution is -2.37. The van der Waals surface area contributed by atoms with Crippen molar-refractivity contribution in [1.29, 1.82) is 0 Å². The zero-order chi connectivity index (χ0) is 20.5. The third-order valence-electron chi connectivity index (χ3n) is 4.06. The molecular formula is C17H13Cl3F3N3O2. The molecule has 11 heteroatoms. The molecule has 0 unspecified atom stereocenters. The van der Waals surface area contributed by atoms with Crippen molar-refractivity contribution in [3.05, 3.63) is 50.7 Å². The van der Waals surface area contributed by atoms with Crippen LogP contribution < -0.4 is 10.2 Å². The van der Waals surface area contributed by atoms with E-state index in [9.17, 15) is 18.0 Å². The molecule has 0 atom stereocenters. The van der Waals surface area contributed by atoms with Crippen molar-refractivity contribution in [2.45, 2.75) is 6.18 Å². The van der Waals surface area contributed by atoms with Crippen LogP contribution in [-0.4, -0.2) is 37.2 Å². The quantitative estimate of drug-likeness (QED) is 0.697. The molecule has 28 heavy (non-hydrogen) atoms. The molecule has 1 amide bonds. The highest BCUT2D eigenvalue weighted by atomic mass is 35.5. The first-order valence-electron chi connectivity index (χ1n) is 8.03. The van der Waals surface area contributed by atoms with Crippen LogP contribution in [0.4, 0.5) is 24.5 Å². The number of hydrogen-bond acceptors (Lipinski definition) is 4. The van der Waals surface area contributed by atoms with Crippen molar-refractivity contribution in [3.63, 3.8) is 0 Å². The minimum absolute atomic E-state index is 0.0225. The minimum atomic E-state index is -4.57. The average molecular weight is 455 g/mol. The van der Waals surface area contributed by atoms with Gasteiger partial charge in [-0.15, -0.1) is 0 Å². The monoisotopic (exact) mass is 453 g/mol. The number of ether oxygens (including phenoxy) is 1. The minimum Gasteiger partial charge on any atom is -0.378 e. The number of halogens is 6. The number of anilines is 2. The molecule has 0 radical (unpaired) electrons. The maximum atomic E-state index is 13.2. The second-order valence-electron chi connectivity index (χ2n) is 5.87. The van der Waals surface area contributed by atoms with Crippen LogP contribution in [0.25, 0.3) is 0 Å². The molecule has 1 aliphatic rings. The molecule has 150 valence electrons. The summed E-state index contributed by atoms with van der Waals surface area (Å²) in [5.41, 5.74) is -0.735. The Hall–Kier alpha value is -1.74. The van der Waals surface area contributed by atoms with Crippen LogP contribution in [0, 0.1) is 0 Å². The standard InChI is InChI=1S/C17H13Cl3F3N3O2/c18-10-8-24-15(14(20)13(10)19)16(27)25-11-7-9(17(21,22)23)1-2-12(11)26-3-5-28-6-4-26/h1-2,7-8H,3-6H2,(H,25,27). The predicted octanol–water partition coefficient (Wildman–Crippen LogP) is 5.15. The molecule has 1 aromatic heterocycles. The van der Waals surface area contributed by atoms with Gasteiger partial charge in [0.05, 0.1) is 45.2 Å². The van der Waals surface area contributed by atoms with Crippen molar-refractivity contribution >= 4 is 52.1 Å². The summed E-state index contributed by atoms with van der Waals surface area (Å²) in [4.78, 5) is 18.3. The number of nitrogens with zero attached hydrogens (tertiary/aromatic N) is 2. The number of hydrogen-bond donors (Lipinski definition) is 1. The maximum Gasteiger partial charge on any atom is 0.416 e. The lowest BCUT2D eigenvalue weighted by atomic mass is 10.1. The lowest BCUT2D eigenvalue weighted by molar-refractivity contribution is -0.137. The van der Waals surface area contributed by atoms with E-state index >= 15 is 0 Å². The van der Waals surface area contributed by atoms with Crippen LogP contribution in [0.1, 0.15) is 16.1 Å². The summed E-state index contributed by atoms with van der Waals surface area (Å²) in [7, 11) is 0. The van der Waals surface area contributed by atoms with Gasteiger partial charge >= 0.3 is 6.18 Å². The van der Waals surface area contributed by atoms with E-state index in [2.05, 4.69) is 10.3 Å². The molecule has 2 heterocycles. The third-order valence-corrected chi connectivity index (χ3v) is 5.30. The largest absolute Gasteiger partial charge is 0.416 e. The third kappa shape index (κ3) is 4.46. The topological polar surface area (TPSA) is 54.5 Å². The van der Waals surface area contributed by atoms with Crippen molar-refractivity contribution < 1.29 is 22.7 Å². The fraction of sp³-hybridized carbons (Fsp3) is 0.294. The SMILES string of the molecule is O=C(Nc1cc(C(F)(F)F)ccc1N1CCOCC1)c1ncc(Cl)c(Cl)c1Cl. The van der Waals surface area contributed by atoms with Gasteiger partial charge in [0.1, 0.15) is 5.69 Å². The molecular weight excluding hydrogens is 442 g/mol. The Morgan fingerprint density at radius 3 is 2.46 bits per heavy atom. The molecule has 3 rings (SSSR count). The van der Waals surface area contributed by atoms with Crippen LogP contribution in [0.3, 0.4) is 0 Å². The maximum absolute atomic E-state index is 13.2. The molecule has 0 aliphatic carbocycles. The first-order valence-corrected chi connectivity index (χ1v) is 9.16. The van der Waals surface area contributed by atoms with Gasteiger partial charge in [-0.2, -0.15) is 13.2 Å². The van der Waals surface area contributed by atoms with Crippen LogP contribution in [0.15, 0.2) is 24.4 Å². The van der Waals surface area contributed by atoms with Crippen molar-refractivity contribution in [1.82, 2.24) is 4.98 Å². The molecule has 1 aliphatic heterocycles. The fourth-order valence-corrected chi connectivity index (χ4v) is 3.24. The number of carbonyl (C=O) groups excluding carboxylic acids is 1. The summed E-state index contributed by atoms with van der Waals surface area (Å²) in [5.74, 6) is -0.808. The lowest BCUT2D eigenvalue weighted by Gasteiger charge is -2.31. The van der Waals surface area contributed by atoms with Crippen LogP contribution in [0.2, 0.25) is 15.1 Å². The highest BCUT2D eigenvalue weighted by molar-refractivity contribution is 6.49. The zero-order valence-electron chi connectivity index (χ0n) is 14.1. The molecule has 0 spiro atoms. The van der Waals surface area contributed by atoms with Gasteiger partial charge in [0.2, 0.25) is 0 Å². The van der Waals surface area contributed by atoms with E-state index < -0.39 is 17.6 Å². The number of aromatic nitrogens is 1. The Bertz CT molecular complexity index is 903. The first kappa shape index (κ1) is 21.0. The molecule has 1 saturated heterocycles. The van der Waals surface area contributed by atoms with E-state index in [0.29, 0.717) is 32.0 Å². The van der Waals surface area contributed by atoms with E-state index in [0.717, 1.165) is 18.3 Å². The molecule has 0 bridgehead atoms. The highest BCUT2D eigenvalue weighted by Gasteiger charge is 2.32. The predicted molar refractivity (Wildman–Crippen MR) is 102 cm³/mol. The molecule has 1 fully saturated rings. The van der Waals surface area contributed by atoms with E-state index in [4.69, 9.17) is 39.5 Å². The molecule has 1 aromatic carbocycles. The summed E-state index contributed by atoms with van der Waals surface area (Å²) in [5, 5.41) is 2.25. The zero-order valence-corrected chi connectivity index (χ0v) is 16.4. The average Bonchev–Trinajstić information content (AvgIpc) is 2.66. The van der Waals surface area contributed by atoms with Crippen molar-refractivity contribution in [2.75, 3.05) is 36.5 Å². The number of nitrogens with one attached hydrogen (secondary N) is 1. The van der Waals surface area contributed by atoms with E-state index in [1.807, 2.05) is 4.90 Å². The smallest absolute Gasteiger partial charge is 0.378 e. The van der Waals surface area contributed by atoms with Gasteiger partial charge < -0.3 is 15.0 Å². The Morgan fingerprint density at radius 1 is 1.14 bits per heavy atom. The van der Waals surface area contributed by atoms with Gasteiger partial charge in [0, 0.05) is 19.3 Å². The summed E-state index contributed by atoms with van der Waals surface area (Å²) in [6.07, 6.45) is -3.43. The number of pyridine rings is 1. The van der Waals surface area contributed by atoms with Gasteiger partial charge in [-0.25, -0.2) is 4.98 Å². The normalized spacial score (nSPS) is 14.9. The number of amides is 1. The number of alkyl halides is 3. The van der Waals surface area contributed by atoms with Crippen LogP contribution in [-0.2, 0) is 10.9 Å². The fourth-order valence-electron chi connectivity index (χ4n) is 2.68. The van der Waals surface area contributed by atoms with E-state index in [-0.39, 0.29) is 26.4 Å². The number of carbonyl (C=O) groups is 1. The number of morpholine rings is 1. The van der Waals surface area contributed by atoms with Gasteiger partial charge in [0.15, 0.2) is 0 Å². The Kier molecular flexibility index (Phi) is 6.24. The van der Waals surface area contributed by atoms with Gasteiger partial charge in [0.25, 0.3) is 5.91 Å². The Labute approximate surface area is 173 Å². The summed E-state index contributed by atoms with van der Waals surface area (Å²) < 4.78 is 44.7. The Balaban J connectivity index is 1.98. The molecule has 1 N–H and O–H groups in total. The molecule has 2 aromatic rings. The van der Waals surface area contributed by atoms with E-state index in [1.54, 1.807) is 0 Å². The number of rotatable bonds is 3. The number of benzene rings is 1. The van der Waals surface area contributed by atoms with Gasteiger partial charge in [-0.3, -0.25) is 4.79 Å². The van der Waals surface area contributed by atoms with Crippen LogP contribution >= 0.6 is 34.8 Å². The molecule has 0 saturated carbocycles. The first-order chi connectivity index (χ1) is 13.2. The second kappa shape index (κ2) is 8.32. The van der Waals surface area contributed by atoms with Crippen LogP contribution in [0.5, 0.6) is 0 Å². The van der Waals surface area contributed by atoms with E-state index in [1.165, 1.54) is 6.07 Å². The summed E-state index contributed by atoms with van der Waals surface area (Å²) in [6, 6.07) is 3.15.